The first-order chi connectivity index (χ1) is 10.2. The molecule has 3 rings (SSSR count). The number of aryl methyl sites for hydroxylation is 1. The summed E-state index contributed by atoms with van der Waals surface area (Å²) in [7, 11) is 4.08. The van der Waals surface area contributed by atoms with Crippen molar-refractivity contribution in [3.05, 3.63) is 53.3 Å². The standard InChI is InChI=1S/C17H24N4/c1-20(11-13-10-19-21(2)12-13)17(9-18)16-5-3-4-15(8-16)14-6-7-14/h3-5,8,10,12,14,17H,6-7,9,11,18H2,1-2H3. The third kappa shape index (κ3) is 3.34. The second-order valence-electron chi connectivity index (χ2n) is 6.13. The van der Waals surface area contributed by atoms with Gasteiger partial charge in [-0.2, -0.15) is 5.10 Å². The summed E-state index contributed by atoms with van der Waals surface area (Å²) in [6.45, 7) is 1.49. The molecule has 2 aromatic rings. The average Bonchev–Trinajstić information content (AvgIpc) is 3.24. The van der Waals surface area contributed by atoms with E-state index in [9.17, 15) is 0 Å². The summed E-state index contributed by atoms with van der Waals surface area (Å²) in [5.41, 5.74) is 10.1. The molecule has 4 heteroatoms. The van der Waals surface area contributed by atoms with Gasteiger partial charge in [0, 0.05) is 37.9 Å². The maximum Gasteiger partial charge on any atom is 0.0534 e. The molecule has 0 amide bonds. The van der Waals surface area contributed by atoms with Crippen LogP contribution in [0.1, 0.15) is 41.5 Å². The second kappa shape index (κ2) is 6.00. The van der Waals surface area contributed by atoms with Crippen LogP contribution in [-0.2, 0) is 13.6 Å². The molecule has 2 N–H and O–H groups in total. The monoisotopic (exact) mass is 284 g/mol. The van der Waals surface area contributed by atoms with Gasteiger partial charge < -0.3 is 5.73 Å². The van der Waals surface area contributed by atoms with Crippen LogP contribution in [0, 0.1) is 0 Å². The van der Waals surface area contributed by atoms with Crippen molar-refractivity contribution in [3.63, 3.8) is 0 Å². The van der Waals surface area contributed by atoms with Crippen molar-refractivity contribution in [3.8, 4) is 0 Å². The van der Waals surface area contributed by atoms with E-state index in [2.05, 4.69) is 47.5 Å². The molecule has 1 saturated carbocycles. The SMILES string of the molecule is CN(Cc1cnn(C)c1)C(CN)c1cccc(C2CC2)c1. The van der Waals surface area contributed by atoms with E-state index < -0.39 is 0 Å². The van der Waals surface area contributed by atoms with Gasteiger partial charge in [-0.1, -0.05) is 24.3 Å². The van der Waals surface area contributed by atoms with Crippen molar-refractivity contribution < 1.29 is 0 Å². The van der Waals surface area contributed by atoms with Crippen molar-refractivity contribution in [2.75, 3.05) is 13.6 Å². The zero-order valence-electron chi connectivity index (χ0n) is 12.9. The van der Waals surface area contributed by atoms with Crippen molar-refractivity contribution in [1.82, 2.24) is 14.7 Å². The van der Waals surface area contributed by atoms with Crippen LogP contribution in [0.25, 0.3) is 0 Å². The zero-order valence-corrected chi connectivity index (χ0v) is 12.9. The molecule has 0 radical (unpaired) electrons. The molecule has 1 aromatic carbocycles. The summed E-state index contributed by atoms with van der Waals surface area (Å²) >= 11 is 0. The number of nitrogens with zero attached hydrogens (tertiary/aromatic N) is 3. The van der Waals surface area contributed by atoms with Gasteiger partial charge in [-0.05, 0) is 36.9 Å². The van der Waals surface area contributed by atoms with Crippen LogP contribution in [0.3, 0.4) is 0 Å². The van der Waals surface area contributed by atoms with Crippen LogP contribution < -0.4 is 5.73 Å². The van der Waals surface area contributed by atoms with Crippen molar-refractivity contribution in [2.24, 2.45) is 12.8 Å². The Bertz CT molecular complexity index is 600. The molecule has 0 spiro atoms. The molecule has 1 aromatic heterocycles. The van der Waals surface area contributed by atoms with Crippen LogP contribution >= 0.6 is 0 Å². The van der Waals surface area contributed by atoms with Gasteiger partial charge >= 0.3 is 0 Å². The minimum Gasteiger partial charge on any atom is -0.329 e. The van der Waals surface area contributed by atoms with Crippen LogP contribution in [-0.4, -0.2) is 28.3 Å². The van der Waals surface area contributed by atoms with E-state index in [1.165, 1.54) is 29.5 Å². The first-order valence-corrected chi connectivity index (χ1v) is 7.65. The first kappa shape index (κ1) is 14.3. The van der Waals surface area contributed by atoms with Gasteiger partial charge in [0.25, 0.3) is 0 Å². The van der Waals surface area contributed by atoms with Gasteiger partial charge in [0.15, 0.2) is 0 Å². The molecule has 1 unspecified atom stereocenters. The lowest BCUT2D eigenvalue weighted by Crippen LogP contribution is -2.30. The summed E-state index contributed by atoms with van der Waals surface area (Å²) in [5, 5.41) is 4.23. The van der Waals surface area contributed by atoms with Crippen LogP contribution in [0.5, 0.6) is 0 Å². The van der Waals surface area contributed by atoms with Gasteiger partial charge in [0.2, 0.25) is 0 Å². The molecule has 4 nitrogen and oxygen atoms in total. The molecule has 0 aliphatic heterocycles. The Labute approximate surface area is 126 Å². The number of aromatic nitrogens is 2. The fourth-order valence-electron chi connectivity index (χ4n) is 2.96. The highest BCUT2D eigenvalue weighted by molar-refractivity contribution is 5.31. The number of rotatable bonds is 6. The molecule has 0 saturated heterocycles. The third-order valence-corrected chi connectivity index (χ3v) is 4.29. The molecular formula is C17H24N4. The summed E-state index contributed by atoms with van der Waals surface area (Å²) < 4.78 is 1.84. The van der Waals surface area contributed by atoms with E-state index in [4.69, 9.17) is 5.73 Å². The molecule has 21 heavy (non-hydrogen) atoms. The number of benzene rings is 1. The average molecular weight is 284 g/mol. The Kier molecular flexibility index (Phi) is 4.08. The smallest absolute Gasteiger partial charge is 0.0534 e. The van der Waals surface area contributed by atoms with E-state index in [1.807, 2.05) is 17.9 Å². The quantitative estimate of drug-likeness (QED) is 0.886. The highest BCUT2D eigenvalue weighted by Crippen LogP contribution is 2.40. The minimum absolute atomic E-state index is 0.254. The summed E-state index contributed by atoms with van der Waals surface area (Å²) in [4.78, 5) is 2.31. The Balaban J connectivity index is 1.75. The lowest BCUT2D eigenvalue weighted by molar-refractivity contribution is 0.241. The molecule has 112 valence electrons. The summed E-state index contributed by atoms with van der Waals surface area (Å²) in [6.07, 6.45) is 6.65. The predicted octanol–water partition coefficient (Wildman–Crippen LogP) is 2.43. The van der Waals surface area contributed by atoms with Crippen LogP contribution in [0.15, 0.2) is 36.7 Å². The summed E-state index contributed by atoms with van der Waals surface area (Å²) in [6, 6.07) is 9.21. The molecule has 1 heterocycles. The number of hydrogen-bond donors (Lipinski definition) is 1. The van der Waals surface area contributed by atoms with Gasteiger partial charge in [0.05, 0.1) is 6.20 Å². The largest absolute Gasteiger partial charge is 0.329 e. The predicted molar refractivity (Wildman–Crippen MR) is 84.9 cm³/mol. The third-order valence-electron chi connectivity index (χ3n) is 4.29. The first-order valence-electron chi connectivity index (χ1n) is 7.65. The number of likely N-dealkylation sites (N-methyl/N-ethyl adjacent to an activating group) is 1. The van der Waals surface area contributed by atoms with Gasteiger partial charge in [-0.15, -0.1) is 0 Å². The Morgan fingerprint density at radius 2 is 2.24 bits per heavy atom. The topological polar surface area (TPSA) is 47.1 Å². The lowest BCUT2D eigenvalue weighted by Gasteiger charge is -2.27. The van der Waals surface area contributed by atoms with Gasteiger partial charge in [0.1, 0.15) is 0 Å². The maximum absolute atomic E-state index is 6.04. The fourth-order valence-corrected chi connectivity index (χ4v) is 2.96. The Morgan fingerprint density at radius 3 is 2.86 bits per heavy atom. The maximum atomic E-state index is 6.04. The van der Waals surface area contributed by atoms with Crippen LogP contribution in [0.2, 0.25) is 0 Å². The van der Waals surface area contributed by atoms with Crippen molar-refractivity contribution >= 4 is 0 Å². The van der Waals surface area contributed by atoms with Crippen molar-refractivity contribution in [1.29, 1.82) is 0 Å². The Hall–Kier alpha value is -1.65. The van der Waals surface area contributed by atoms with E-state index in [-0.39, 0.29) is 6.04 Å². The molecule has 1 aliphatic carbocycles. The van der Waals surface area contributed by atoms with Gasteiger partial charge in [-0.25, -0.2) is 0 Å². The lowest BCUT2D eigenvalue weighted by atomic mass is 10.0. The van der Waals surface area contributed by atoms with Gasteiger partial charge in [-0.3, -0.25) is 9.58 Å². The Morgan fingerprint density at radius 1 is 1.43 bits per heavy atom. The normalized spacial score (nSPS) is 16.4. The second-order valence-corrected chi connectivity index (χ2v) is 6.13. The van der Waals surface area contributed by atoms with E-state index in [0.717, 1.165) is 12.5 Å². The van der Waals surface area contributed by atoms with Crippen LogP contribution in [0.4, 0.5) is 0 Å². The summed E-state index contributed by atoms with van der Waals surface area (Å²) in [5.74, 6) is 0.784. The zero-order chi connectivity index (χ0) is 14.8. The number of nitrogens with two attached hydrogens (primary N) is 1. The molecule has 1 fully saturated rings. The molecule has 0 bridgehead atoms. The van der Waals surface area contributed by atoms with E-state index in [1.54, 1.807) is 0 Å². The molecule has 1 aliphatic rings. The minimum atomic E-state index is 0.254. The fraction of sp³-hybridized carbons (Fsp3) is 0.471. The number of hydrogen-bond acceptors (Lipinski definition) is 3. The molecule has 1 atom stereocenters. The van der Waals surface area contributed by atoms with E-state index in [0.29, 0.717) is 6.54 Å². The molecular weight excluding hydrogens is 260 g/mol. The van der Waals surface area contributed by atoms with Crippen molar-refractivity contribution in [2.45, 2.75) is 31.3 Å². The highest BCUT2D eigenvalue weighted by atomic mass is 15.2. The highest BCUT2D eigenvalue weighted by Gasteiger charge is 2.24. The van der Waals surface area contributed by atoms with E-state index >= 15 is 0 Å².